The van der Waals surface area contributed by atoms with Crippen molar-refractivity contribution in [2.75, 3.05) is 43.1 Å². The lowest BCUT2D eigenvalue weighted by molar-refractivity contribution is 0.0951. The minimum Gasteiger partial charge on any atom is -0.495 e. The fourth-order valence-electron chi connectivity index (χ4n) is 5.05. The Hall–Kier alpha value is -4.61. The van der Waals surface area contributed by atoms with Crippen molar-refractivity contribution in [3.05, 3.63) is 96.4 Å². The van der Waals surface area contributed by atoms with Crippen molar-refractivity contribution in [1.29, 1.82) is 0 Å². The van der Waals surface area contributed by atoms with Gasteiger partial charge >= 0.3 is 0 Å². The Morgan fingerprint density at radius 2 is 1.73 bits per heavy atom. The Kier molecular flexibility index (Phi) is 7.70. The van der Waals surface area contributed by atoms with Gasteiger partial charge in [-0.05, 0) is 60.0 Å². The van der Waals surface area contributed by atoms with Gasteiger partial charge in [-0.25, -0.2) is 14.6 Å². The number of nitrogens with two attached hydrogens (primary N) is 1. The first-order valence-corrected chi connectivity index (χ1v) is 14.2. The number of rotatable bonds is 8. The van der Waals surface area contributed by atoms with Crippen LogP contribution in [0.15, 0.2) is 90.2 Å². The number of benzene rings is 3. The average molecular weight is 567 g/mol. The second-order valence-corrected chi connectivity index (χ2v) is 10.3. The number of methoxy groups -OCH3 is 1. The summed E-state index contributed by atoms with van der Waals surface area (Å²) in [6.45, 7) is 3.41. The topological polar surface area (TPSA) is 114 Å². The maximum absolute atomic E-state index is 13.0. The number of nitrogens with zero attached hydrogens (tertiary/aromatic N) is 6. The molecule has 2 aromatic heterocycles. The molecule has 208 valence electrons. The first-order chi connectivity index (χ1) is 20.1. The second kappa shape index (κ2) is 11.9. The maximum atomic E-state index is 13.0. The van der Waals surface area contributed by atoms with Gasteiger partial charge in [0.05, 0.1) is 30.1 Å². The lowest BCUT2D eigenvalue weighted by atomic mass is 10.1. The number of nitrogens with one attached hydrogen (secondary N) is 1. The highest BCUT2D eigenvalue weighted by Crippen LogP contribution is 2.32. The number of anilines is 2. The summed E-state index contributed by atoms with van der Waals surface area (Å²) < 4.78 is 7.51. The summed E-state index contributed by atoms with van der Waals surface area (Å²) in [5.74, 6) is 1.47. The number of hydrogen-bond donors (Lipinski definition) is 2. The van der Waals surface area contributed by atoms with E-state index in [1.165, 1.54) is 11.9 Å². The number of aromatic nitrogens is 4. The number of carbonyl (C=O) groups is 1. The minimum absolute atomic E-state index is 0.136. The maximum Gasteiger partial charge on any atom is 0.251 e. The molecule has 0 saturated carbocycles. The molecule has 0 aliphatic carbocycles. The zero-order valence-electron chi connectivity index (χ0n) is 22.6. The predicted octanol–water partition coefficient (Wildman–Crippen LogP) is 4.05. The summed E-state index contributed by atoms with van der Waals surface area (Å²) in [5, 5.41) is 14.1. The molecule has 0 bridgehead atoms. The smallest absolute Gasteiger partial charge is 0.251 e. The molecule has 0 unspecified atom stereocenters. The van der Waals surface area contributed by atoms with Crippen LogP contribution in [-0.2, 0) is 6.54 Å². The summed E-state index contributed by atoms with van der Waals surface area (Å²) in [5.41, 5.74) is 4.22. The third kappa shape index (κ3) is 5.54. The molecule has 3 N–H and O–H groups in total. The molecule has 0 spiro atoms. The van der Waals surface area contributed by atoms with Crippen LogP contribution in [0.1, 0.15) is 15.9 Å². The van der Waals surface area contributed by atoms with E-state index >= 15 is 0 Å². The fourth-order valence-corrected chi connectivity index (χ4v) is 5.34. The summed E-state index contributed by atoms with van der Waals surface area (Å²) in [7, 11) is 1.65. The van der Waals surface area contributed by atoms with Gasteiger partial charge in [0.2, 0.25) is 0 Å². The summed E-state index contributed by atoms with van der Waals surface area (Å²) in [6.07, 6.45) is 3.43. The van der Waals surface area contributed by atoms with Crippen molar-refractivity contribution in [3.8, 4) is 11.4 Å². The summed E-state index contributed by atoms with van der Waals surface area (Å²) in [4.78, 5) is 27.6. The Morgan fingerprint density at radius 1 is 0.976 bits per heavy atom. The van der Waals surface area contributed by atoms with Crippen LogP contribution in [0.3, 0.4) is 0 Å². The highest BCUT2D eigenvalue weighted by atomic mass is 32.2. The van der Waals surface area contributed by atoms with Gasteiger partial charge in [-0.15, -0.1) is 0 Å². The van der Waals surface area contributed by atoms with E-state index in [2.05, 4.69) is 30.2 Å². The summed E-state index contributed by atoms with van der Waals surface area (Å²) in [6, 6.07) is 23.3. The Morgan fingerprint density at radius 3 is 2.46 bits per heavy atom. The summed E-state index contributed by atoms with van der Waals surface area (Å²) >= 11 is 1.20. The number of fused-ring (bicyclic) bond motifs is 1. The third-order valence-corrected chi connectivity index (χ3v) is 7.76. The van der Waals surface area contributed by atoms with E-state index < -0.39 is 0 Å². The molecule has 3 aromatic carbocycles. The van der Waals surface area contributed by atoms with Crippen LogP contribution in [0.5, 0.6) is 5.75 Å². The molecular weight excluding hydrogens is 536 g/mol. The van der Waals surface area contributed by atoms with Crippen LogP contribution in [-0.4, -0.2) is 58.9 Å². The van der Waals surface area contributed by atoms with E-state index in [1.54, 1.807) is 19.5 Å². The van der Waals surface area contributed by atoms with E-state index in [0.717, 1.165) is 70.6 Å². The van der Waals surface area contributed by atoms with Crippen LogP contribution in [0.2, 0.25) is 0 Å². The molecule has 0 atom stereocenters. The van der Waals surface area contributed by atoms with Crippen LogP contribution in [0.4, 0.5) is 11.5 Å². The largest absolute Gasteiger partial charge is 0.495 e. The number of carbonyl (C=O) groups excluding carboxylic acids is 1. The molecule has 11 heteroatoms. The van der Waals surface area contributed by atoms with Crippen LogP contribution in [0, 0.1) is 0 Å². The highest BCUT2D eigenvalue weighted by Gasteiger charge is 2.24. The van der Waals surface area contributed by atoms with Gasteiger partial charge in [-0.3, -0.25) is 9.93 Å². The van der Waals surface area contributed by atoms with Gasteiger partial charge in [0.15, 0.2) is 5.65 Å². The molecule has 5 aromatic rings. The molecule has 1 aliphatic heterocycles. The second-order valence-electron chi connectivity index (χ2n) is 9.63. The monoisotopic (exact) mass is 566 g/mol. The molecule has 41 heavy (non-hydrogen) atoms. The number of hydrogen-bond acceptors (Lipinski definition) is 9. The van der Waals surface area contributed by atoms with Gasteiger partial charge in [-0.1, -0.05) is 30.3 Å². The van der Waals surface area contributed by atoms with Crippen LogP contribution in [0.25, 0.3) is 16.7 Å². The quantitative estimate of drug-likeness (QED) is 0.269. The molecular formula is C30H30N8O2S. The molecule has 10 nitrogen and oxygen atoms in total. The molecule has 6 rings (SSSR count). The normalized spacial score (nSPS) is 13.4. The van der Waals surface area contributed by atoms with E-state index in [9.17, 15) is 4.79 Å². The SMILES string of the molecule is COc1ccc(C(=O)NCc2ccc(SN)cc2)cc1N1CCN(c2ncnc3c2cnn3-c2ccccc2)CC1. The Labute approximate surface area is 242 Å². The van der Waals surface area contributed by atoms with E-state index in [0.29, 0.717) is 12.1 Å². The molecule has 1 saturated heterocycles. The first kappa shape index (κ1) is 26.6. The van der Waals surface area contributed by atoms with Gasteiger partial charge in [-0.2, -0.15) is 5.10 Å². The standard InChI is InChI=1S/C30H30N8O2S/c1-40-27-12-9-22(30(39)32-18-21-7-10-24(41-31)11-8-21)17-26(27)36-13-15-37(16-14-36)28-25-19-35-38(29(25)34-20-33-28)23-5-3-2-4-6-23/h2-12,17,19-20H,13-16,18,31H2,1H3,(H,32,39). The molecule has 1 amide bonds. The van der Waals surface area contributed by atoms with E-state index in [1.807, 2.05) is 77.6 Å². The molecule has 3 heterocycles. The molecule has 1 aliphatic rings. The van der Waals surface area contributed by atoms with E-state index in [-0.39, 0.29) is 5.91 Å². The number of para-hydroxylation sites is 1. The van der Waals surface area contributed by atoms with E-state index in [4.69, 9.17) is 9.88 Å². The minimum atomic E-state index is -0.136. The fraction of sp³-hybridized carbons (Fsp3) is 0.200. The Balaban J connectivity index is 1.16. The lowest BCUT2D eigenvalue weighted by Crippen LogP contribution is -2.47. The Bertz CT molecular complexity index is 1650. The van der Waals surface area contributed by atoms with Gasteiger partial charge < -0.3 is 19.9 Å². The number of amides is 1. The lowest BCUT2D eigenvalue weighted by Gasteiger charge is -2.37. The first-order valence-electron chi connectivity index (χ1n) is 13.3. The van der Waals surface area contributed by atoms with Crippen molar-refractivity contribution < 1.29 is 9.53 Å². The number of ether oxygens (including phenoxy) is 1. The van der Waals surface area contributed by atoms with Gasteiger partial charge in [0, 0.05) is 43.2 Å². The third-order valence-electron chi connectivity index (χ3n) is 7.22. The number of piperazine rings is 1. The van der Waals surface area contributed by atoms with Crippen molar-refractivity contribution in [2.24, 2.45) is 5.14 Å². The van der Waals surface area contributed by atoms with Crippen molar-refractivity contribution in [3.63, 3.8) is 0 Å². The van der Waals surface area contributed by atoms with Gasteiger partial charge in [0.1, 0.15) is 17.9 Å². The van der Waals surface area contributed by atoms with Crippen molar-refractivity contribution >= 4 is 40.4 Å². The predicted molar refractivity (Wildman–Crippen MR) is 162 cm³/mol. The highest BCUT2D eigenvalue weighted by molar-refractivity contribution is 7.97. The van der Waals surface area contributed by atoms with Crippen LogP contribution < -0.4 is 25.0 Å². The van der Waals surface area contributed by atoms with Crippen molar-refractivity contribution in [2.45, 2.75) is 11.4 Å². The zero-order valence-corrected chi connectivity index (χ0v) is 23.4. The zero-order chi connectivity index (χ0) is 28.2. The average Bonchev–Trinajstić information content (AvgIpc) is 3.48. The molecule has 1 fully saturated rings. The van der Waals surface area contributed by atoms with Crippen molar-refractivity contribution in [1.82, 2.24) is 25.1 Å². The molecule has 0 radical (unpaired) electrons. The van der Waals surface area contributed by atoms with Gasteiger partial charge in [0.25, 0.3) is 5.91 Å². The van der Waals surface area contributed by atoms with Crippen LogP contribution >= 0.6 is 11.9 Å².